The van der Waals surface area contributed by atoms with Gasteiger partial charge >= 0.3 is 0 Å². The van der Waals surface area contributed by atoms with Gasteiger partial charge in [-0.05, 0) is 57.3 Å². The summed E-state index contributed by atoms with van der Waals surface area (Å²) in [6.45, 7) is 0. The van der Waals surface area contributed by atoms with Crippen LogP contribution in [0.1, 0.15) is 0 Å². The standard InChI is InChI=1S/C10H5I2NO3/c11-7-4-6(13(14)15)5-8(12)10(7)9-2-1-3-16-9/h1-5H. The Balaban J connectivity index is 2.61. The summed E-state index contributed by atoms with van der Waals surface area (Å²) in [5.41, 5.74) is 1.00. The van der Waals surface area contributed by atoms with E-state index >= 15 is 0 Å². The zero-order valence-electron chi connectivity index (χ0n) is 7.81. The maximum absolute atomic E-state index is 10.7. The van der Waals surface area contributed by atoms with Crippen LogP contribution in [0.3, 0.4) is 0 Å². The summed E-state index contributed by atoms with van der Waals surface area (Å²) in [5, 5.41) is 10.7. The predicted molar refractivity (Wildman–Crippen MR) is 76.2 cm³/mol. The van der Waals surface area contributed by atoms with E-state index in [0.29, 0.717) is 0 Å². The third-order valence-corrected chi connectivity index (χ3v) is 3.71. The maximum Gasteiger partial charge on any atom is 0.271 e. The van der Waals surface area contributed by atoms with Crippen molar-refractivity contribution < 1.29 is 9.34 Å². The minimum Gasteiger partial charge on any atom is -0.464 e. The van der Waals surface area contributed by atoms with E-state index in [1.807, 2.05) is 6.07 Å². The fraction of sp³-hybridized carbons (Fsp3) is 0. The Hall–Kier alpha value is -0.640. The quantitative estimate of drug-likeness (QED) is 0.402. The average Bonchev–Trinajstić information content (AvgIpc) is 2.69. The molecule has 0 aliphatic heterocycles. The lowest BCUT2D eigenvalue weighted by Crippen LogP contribution is -1.93. The number of hydrogen-bond donors (Lipinski definition) is 0. The molecule has 1 aromatic carbocycles. The molecule has 0 aliphatic rings. The molecular weight excluding hydrogens is 436 g/mol. The molecule has 0 amide bonds. The molecule has 0 saturated carbocycles. The summed E-state index contributed by atoms with van der Waals surface area (Å²) in [5.74, 6) is 0.726. The molecule has 0 aliphatic carbocycles. The Morgan fingerprint density at radius 1 is 1.25 bits per heavy atom. The molecule has 0 unspecified atom stereocenters. The van der Waals surface area contributed by atoms with Crippen molar-refractivity contribution in [3.05, 3.63) is 47.8 Å². The van der Waals surface area contributed by atoms with Gasteiger partial charge < -0.3 is 4.42 Å². The minimum absolute atomic E-state index is 0.101. The highest BCUT2D eigenvalue weighted by Gasteiger charge is 2.16. The van der Waals surface area contributed by atoms with E-state index < -0.39 is 4.92 Å². The van der Waals surface area contributed by atoms with Crippen molar-refractivity contribution in [2.45, 2.75) is 0 Å². The van der Waals surface area contributed by atoms with E-state index in [9.17, 15) is 10.1 Å². The van der Waals surface area contributed by atoms with Crippen molar-refractivity contribution in [2.24, 2.45) is 0 Å². The second kappa shape index (κ2) is 4.70. The third-order valence-electron chi connectivity index (χ3n) is 2.01. The Bertz CT molecular complexity index is 514. The Labute approximate surface area is 118 Å². The molecule has 0 atom stereocenters. The lowest BCUT2D eigenvalue weighted by atomic mass is 10.1. The van der Waals surface area contributed by atoms with Crippen LogP contribution in [0.15, 0.2) is 34.9 Å². The van der Waals surface area contributed by atoms with Gasteiger partial charge in [-0.2, -0.15) is 0 Å². The highest BCUT2D eigenvalue weighted by atomic mass is 127. The fourth-order valence-corrected chi connectivity index (χ4v) is 3.59. The smallest absolute Gasteiger partial charge is 0.271 e. The van der Waals surface area contributed by atoms with Crippen LogP contribution in [0.4, 0.5) is 5.69 Å². The lowest BCUT2D eigenvalue weighted by Gasteiger charge is -2.04. The fourth-order valence-electron chi connectivity index (χ4n) is 1.32. The van der Waals surface area contributed by atoms with Gasteiger partial charge in [0.2, 0.25) is 0 Å². The summed E-state index contributed by atoms with van der Waals surface area (Å²) >= 11 is 4.15. The van der Waals surface area contributed by atoms with Crippen molar-refractivity contribution in [2.75, 3.05) is 0 Å². The Kier molecular flexibility index (Phi) is 3.47. The van der Waals surface area contributed by atoms with Gasteiger partial charge in [-0.3, -0.25) is 10.1 Å². The highest BCUT2D eigenvalue weighted by molar-refractivity contribution is 14.1. The molecule has 1 aromatic heterocycles. The number of halogens is 2. The summed E-state index contributed by atoms with van der Waals surface area (Å²) < 4.78 is 6.92. The van der Waals surface area contributed by atoms with Crippen LogP contribution in [-0.4, -0.2) is 4.92 Å². The normalized spacial score (nSPS) is 10.4. The van der Waals surface area contributed by atoms with Gasteiger partial charge in [-0.1, -0.05) is 0 Å². The SMILES string of the molecule is O=[N+]([O-])c1cc(I)c(-c2ccco2)c(I)c1. The topological polar surface area (TPSA) is 56.3 Å². The van der Waals surface area contributed by atoms with Crippen LogP contribution in [0.25, 0.3) is 11.3 Å². The molecule has 0 spiro atoms. The van der Waals surface area contributed by atoms with Crippen molar-refractivity contribution in [1.82, 2.24) is 0 Å². The number of hydrogen-bond acceptors (Lipinski definition) is 3. The van der Waals surface area contributed by atoms with E-state index in [2.05, 4.69) is 45.2 Å². The van der Waals surface area contributed by atoms with Gasteiger partial charge in [0.15, 0.2) is 0 Å². The van der Waals surface area contributed by atoms with Gasteiger partial charge in [0.25, 0.3) is 5.69 Å². The van der Waals surface area contributed by atoms with Crippen molar-refractivity contribution in [1.29, 1.82) is 0 Å². The molecule has 0 N–H and O–H groups in total. The van der Waals surface area contributed by atoms with Crippen LogP contribution in [-0.2, 0) is 0 Å². The van der Waals surface area contributed by atoms with Gasteiger partial charge in [-0.15, -0.1) is 0 Å². The molecule has 6 heteroatoms. The van der Waals surface area contributed by atoms with Crippen molar-refractivity contribution in [3.8, 4) is 11.3 Å². The molecule has 0 saturated heterocycles. The molecule has 16 heavy (non-hydrogen) atoms. The Morgan fingerprint density at radius 2 is 1.88 bits per heavy atom. The van der Waals surface area contributed by atoms with Gasteiger partial charge in [0.1, 0.15) is 5.76 Å². The molecule has 1 heterocycles. The van der Waals surface area contributed by atoms with E-state index in [0.717, 1.165) is 18.5 Å². The summed E-state index contributed by atoms with van der Waals surface area (Å²) in [6.07, 6.45) is 1.59. The van der Waals surface area contributed by atoms with E-state index in [4.69, 9.17) is 4.42 Å². The summed E-state index contributed by atoms with van der Waals surface area (Å²) in [7, 11) is 0. The predicted octanol–water partition coefficient (Wildman–Crippen LogP) is 4.06. The number of nitro benzene ring substituents is 1. The second-order valence-corrected chi connectivity index (χ2v) is 5.34. The van der Waals surface area contributed by atoms with Crippen molar-refractivity contribution >= 4 is 50.9 Å². The van der Waals surface area contributed by atoms with Crippen LogP contribution >= 0.6 is 45.2 Å². The number of benzene rings is 1. The zero-order chi connectivity index (χ0) is 11.7. The maximum atomic E-state index is 10.7. The number of furan rings is 1. The van der Waals surface area contributed by atoms with Gasteiger partial charge in [0.05, 0.1) is 11.2 Å². The first-order valence-corrected chi connectivity index (χ1v) is 6.42. The lowest BCUT2D eigenvalue weighted by molar-refractivity contribution is -0.385. The highest BCUT2D eigenvalue weighted by Crippen LogP contribution is 2.33. The number of rotatable bonds is 2. The van der Waals surface area contributed by atoms with E-state index in [-0.39, 0.29) is 5.69 Å². The molecular formula is C10H5I2NO3. The largest absolute Gasteiger partial charge is 0.464 e. The second-order valence-electron chi connectivity index (χ2n) is 3.02. The molecule has 2 rings (SSSR count). The number of non-ortho nitro benzene ring substituents is 1. The van der Waals surface area contributed by atoms with Crippen LogP contribution < -0.4 is 0 Å². The molecule has 82 valence electrons. The first-order chi connectivity index (χ1) is 7.59. The summed E-state index contributed by atoms with van der Waals surface area (Å²) in [4.78, 5) is 10.3. The van der Waals surface area contributed by atoms with Crippen LogP contribution in [0, 0.1) is 17.3 Å². The third kappa shape index (κ3) is 2.21. The van der Waals surface area contributed by atoms with Crippen molar-refractivity contribution in [3.63, 3.8) is 0 Å². The average molecular weight is 441 g/mol. The summed E-state index contributed by atoms with van der Waals surface area (Å²) in [6, 6.07) is 6.72. The number of nitrogens with zero attached hydrogens (tertiary/aromatic N) is 1. The minimum atomic E-state index is -0.393. The van der Waals surface area contributed by atoms with Crippen LogP contribution in [0.2, 0.25) is 0 Å². The molecule has 0 bridgehead atoms. The first kappa shape index (κ1) is 11.8. The van der Waals surface area contributed by atoms with Gasteiger partial charge in [0, 0.05) is 24.8 Å². The van der Waals surface area contributed by atoms with E-state index in [1.165, 1.54) is 0 Å². The number of nitro groups is 1. The monoisotopic (exact) mass is 441 g/mol. The van der Waals surface area contributed by atoms with Gasteiger partial charge in [-0.25, -0.2) is 0 Å². The molecule has 2 aromatic rings. The molecule has 0 radical (unpaired) electrons. The Morgan fingerprint density at radius 3 is 2.31 bits per heavy atom. The molecule has 0 fully saturated rings. The molecule has 4 nitrogen and oxygen atoms in total. The zero-order valence-corrected chi connectivity index (χ0v) is 12.1. The van der Waals surface area contributed by atoms with Crippen LogP contribution in [0.5, 0.6) is 0 Å². The van der Waals surface area contributed by atoms with E-state index in [1.54, 1.807) is 24.5 Å². The first-order valence-electron chi connectivity index (χ1n) is 4.27.